The number of aliphatic carboxylic acids is 1. The maximum absolute atomic E-state index is 11.6. The highest BCUT2D eigenvalue weighted by molar-refractivity contribution is 9.10. The lowest BCUT2D eigenvalue weighted by Gasteiger charge is -2.50. The first-order valence-corrected chi connectivity index (χ1v) is 7.02. The number of carboxylic acid groups (broad SMARTS) is 1. The lowest BCUT2D eigenvalue weighted by atomic mass is 9.71. The van der Waals surface area contributed by atoms with Crippen LogP contribution in [0.2, 0.25) is 0 Å². The van der Waals surface area contributed by atoms with Crippen molar-refractivity contribution in [2.45, 2.75) is 35.8 Å². The van der Waals surface area contributed by atoms with Crippen molar-refractivity contribution < 1.29 is 19.4 Å². The molecule has 4 bridgehead atoms. The zero-order valence-electron chi connectivity index (χ0n) is 9.45. The third kappa shape index (κ3) is 0.978. The predicted molar refractivity (Wildman–Crippen MR) is 61.8 cm³/mol. The normalized spacial score (nSPS) is 53.7. The number of hydrogen-bond acceptors (Lipinski definition) is 3. The van der Waals surface area contributed by atoms with Crippen LogP contribution in [0.5, 0.6) is 0 Å². The van der Waals surface area contributed by atoms with E-state index in [0.29, 0.717) is 25.6 Å². The smallest absolute Gasteiger partial charge is 0.309 e. The zero-order valence-corrected chi connectivity index (χ0v) is 11.0. The monoisotopic (exact) mass is 302 g/mol. The molecule has 4 atom stereocenters. The van der Waals surface area contributed by atoms with Crippen LogP contribution >= 0.6 is 15.9 Å². The van der Waals surface area contributed by atoms with Crippen LogP contribution in [0.25, 0.3) is 0 Å². The Hall–Kier alpha value is -0.130. The van der Waals surface area contributed by atoms with Crippen molar-refractivity contribution in [1.82, 2.24) is 0 Å². The van der Waals surface area contributed by atoms with Crippen LogP contribution in [0.1, 0.15) is 25.7 Å². The number of carbonyl (C=O) groups is 1. The Kier molecular flexibility index (Phi) is 1.83. The summed E-state index contributed by atoms with van der Waals surface area (Å²) in [4.78, 5) is 11.6. The second-order valence-corrected chi connectivity index (χ2v) is 7.52. The lowest BCUT2D eigenvalue weighted by Crippen LogP contribution is -2.59. The number of rotatable bonds is 1. The van der Waals surface area contributed by atoms with E-state index in [9.17, 15) is 9.90 Å². The summed E-state index contributed by atoms with van der Waals surface area (Å²) in [5.41, 5.74) is -0.519. The van der Waals surface area contributed by atoms with Gasteiger partial charge in [-0.1, -0.05) is 15.9 Å². The summed E-state index contributed by atoms with van der Waals surface area (Å²) in [5, 5.41) is 9.56. The Balaban J connectivity index is 1.82. The molecule has 94 valence electrons. The Bertz CT molecular complexity index is 405. The van der Waals surface area contributed by atoms with Crippen LogP contribution in [0, 0.1) is 17.3 Å². The van der Waals surface area contributed by atoms with Gasteiger partial charge in [0.1, 0.15) is 0 Å². The molecule has 1 saturated heterocycles. The second-order valence-electron chi connectivity index (χ2n) is 6.01. The topological polar surface area (TPSA) is 55.8 Å². The van der Waals surface area contributed by atoms with Crippen LogP contribution < -0.4 is 0 Å². The third-order valence-electron chi connectivity index (χ3n) is 5.43. The number of alkyl halides is 1. The van der Waals surface area contributed by atoms with Gasteiger partial charge in [-0.15, -0.1) is 0 Å². The molecule has 4 nitrogen and oxygen atoms in total. The molecule has 4 aliphatic carbocycles. The van der Waals surface area contributed by atoms with Crippen molar-refractivity contribution in [3.63, 3.8) is 0 Å². The number of carboxylic acids is 1. The molecular formula is C12H15BrO4. The summed E-state index contributed by atoms with van der Waals surface area (Å²) >= 11 is 3.78. The Morgan fingerprint density at radius 3 is 2.47 bits per heavy atom. The van der Waals surface area contributed by atoms with Gasteiger partial charge in [-0.25, -0.2) is 0 Å². The quantitative estimate of drug-likeness (QED) is 0.750. The largest absolute Gasteiger partial charge is 0.481 e. The van der Waals surface area contributed by atoms with Gasteiger partial charge in [-0.2, -0.15) is 0 Å². The van der Waals surface area contributed by atoms with E-state index in [1.54, 1.807) is 0 Å². The first-order valence-electron chi connectivity index (χ1n) is 6.23. The van der Waals surface area contributed by atoms with Gasteiger partial charge in [0.2, 0.25) is 0 Å². The van der Waals surface area contributed by atoms with E-state index >= 15 is 0 Å². The van der Waals surface area contributed by atoms with Crippen molar-refractivity contribution in [3.8, 4) is 0 Å². The van der Waals surface area contributed by atoms with Gasteiger partial charge >= 0.3 is 5.97 Å². The molecule has 17 heavy (non-hydrogen) atoms. The minimum atomic E-state index is -0.626. The highest BCUT2D eigenvalue weighted by atomic mass is 79.9. The van der Waals surface area contributed by atoms with E-state index in [2.05, 4.69) is 15.9 Å². The van der Waals surface area contributed by atoms with Gasteiger partial charge in [0.15, 0.2) is 5.79 Å². The molecule has 0 radical (unpaired) electrons. The van der Waals surface area contributed by atoms with Crippen molar-refractivity contribution >= 4 is 21.9 Å². The zero-order chi connectivity index (χ0) is 11.9. The van der Waals surface area contributed by atoms with E-state index < -0.39 is 17.2 Å². The summed E-state index contributed by atoms with van der Waals surface area (Å²) in [7, 11) is 0. The summed E-state index contributed by atoms with van der Waals surface area (Å²) < 4.78 is 11.6. The number of halogens is 1. The SMILES string of the molecule is O=C(O)[C@]12C[C@@H]3C[C@H]1C[C@](Br)(C2)C31OCCO1. The molecule has 5 rings (SSSR count). The molecule has 1 aliphatic heterocycles. The average molecular weight is 303 g/mol. The predicted octanol–water partition coefficient (Wildman–Crippen LogP) is 1.77. The van der Waals surface area contributed by atoms with E-state index in [4.69, 9.17) is 9.47 Å². The molecule has 5 aliphatic rings. The fraction of sp³-hybridized carbons (Fsp3) is 0.917. The van der Waals surface area contributed by atoms with Gasteiger partial charge < -0.3 is 14.6 Å². The van der Waals surface area contributed by atoms with Gasteiger partial charge in [0, 0.05) is 5.92 Å². The second kappa shape index (κ2) is 2.89. The van der Waals surface area contributed by atoms with Gasteiger partial charge in [0.25, 0.3) is 0 Å². The van der Waals surface area contributed by atoms with Crippen molar-refractivity contribution in [2.24, 2.45) is 17.3 Å². The van der Waals surface area contributed by atoms with E-state index in [-0.39, 0.29) is 10.2 Å². The minimum absolute atomic E-state index is 0.243. The molecular weight excluding hydrogens is 288 g/mol. The van der Waals surface area contributed by atoms with Crippen LogP contribution in [0.4, 0.5) is 0 Å². The van der Waals surface area contributed by atoms with Crippen LogP contribution in [-0.2, 0) is 14.3 Å². The van der Waals surface area contributed by atoms with Gasteiger partial charge in [-0.05, 0) is 31.6 Å². The first kappa shape index (κ1) is 10.8. The summed E-state index contributed by atoms with van der Waals surface area (Å²) in [6.45, 7) is 1.27. The maximum Gasteiger partial charge on any atom is 0.309 e. The third-order valence-corrected chi connectivity index (χ3v) is 6.59. The summed E-state index contributed by atoms with van der Waals surface area (Å²) in [6, 6.07) is 0. The molecule has 1 N–H and O–H groups in total. The number of hydrogen-bond donors (Lipinski definition) is 1. The van der Waals surface area contributed by atoms with Crippen molar-refractivity contribution in [2.75, 3.05) is 13.2 Å². The van der Waals surface area contributed by atoms with E-state index in [0.717, 1.165) is 19.3 Å². The maximum atomic E-state index is 11.6. The minimum Gasteiger partial charge on any atom is -0.481 e. The Morgan fingerprint density at radius 2 is 1.94 bits per heavy atom. The van der Waals surface area contributed by atoms with E-state index in [1.807, 2.05) is 0 Å². The molecule has 1 spiro atoms. The molecule has 0 aromatic heterocycles. The molecule has 0 amide bonds. The fourth-order valence-electron chi connectivity index (χ4n) is 4.90. The number of ether oxygens (including phenoxy) is 2. The molecule has 5 fully saturated rings. The lowest BCUT2D eigenvalue weighted by molar-refractivity contribution is -0.234. The summed E-state index contributed by atoms with van der Waals surface area (Å²) in [5.74, 6) is -0.631. The Labute approximate surface area is 108 Å². The van der Waals surface area contributed by atoms with Crippen LogP contribution in [0.3, 0.4) is 0 Å². The standard InChI is InChI=1S/C12H15BrO4/c13-11-5-7-3-8(12(11)16-1-2-17-12)4-10(7,6-11)9(14)15/h7-8H,1-6H2,(H,14,15)/t7-,8-,10-,11-/m0/s1. The highest BCUT2D eigenvalue weighted by Gasteiger charge is 2.78. The average Bonchev–Trinajstić information content (AvgIpc) is 2.84. The van der Waals surface area contributed by atoms with Crippen molar-refractivity contribution in [1.29, 1.82) is 0 Å². The van der Waals surface area contributed by atoms with Gasteiger partial charge in [0.05, 0.1) is 23.0 Å². The van der Waals surface area contributed by atoms with Gasteiger partial charge in [-0.3, -0.25) is 4.79 Å². The highest BCUT2D eigenvalue weighted by Crippen LogP contribution is 2.74. The molecule has 1 heterocycles. The first-order chi connectivity index (χ1) is 8.03. The Morgan fingerprint density at radius 1 is 1.24 bits per heavy atom. The molecule has 0 aromatic rings. The molecule has 0 unspecified atom stereocenters. The molecule has 4 saturated carbocycles. The van der Waals surface area contributed by atoms with Crippen molar-refractivity contribution in [3.05, 3.63) is 0 Å². The molecule has 5 heteroatoms. The van der Waals surface area contributed by atoms with Crippen LogP contribution in [-0.4, -0.2) is 34.4 Å². The summed E-state index contributed by atoms with van der Waals surface area (Å²) in [6.07, 6.45) is 3.19. The van der Waals surface area contributed by atoms with E-state index in [1.165, 1.54) is 0 Å². The molecule has 0 aromatic carbocycles. The fourth-order valence-corrected chi connectivity index (χ4v) is 6.34. The van der Waals surface area contributed by atoms with Crippen LogP contribution in [0.15, 0.2) is 0 Å².